The van der Waals surface area contributed by atoms with Crippen LogP contribution in [0.15, 0.2) is 41.4 Å². The summed E-state index contributed by atoms with van der Waals surface area (Å²) < 4.78 is 16.1. The third kappa shape index (κ3) is 6.56. The monoisotopic (exact) mass is 415 g/mol. The summed E-state index contributed by atoms with van der Waals surface area (Å²) >= 11 is 0. The molecule has 30 heavy (non-hydrogen) atoms. The first kappa shape index (κ1) is 23.3. The lowest BCUT2D eigenvalue weighted by atomic mass is 10.1. The fourth-order valence-corrected chi connectivity index (χ4v) is 3.14. The van der Waals surface area contributed by atoms with E-state index >= 15 is 0 Å². The van der Waals surface area contributed by atoms with Crippen LogP contribution in [0, 0.1) is 6.92 Å². The van der Waals surface area contributed by atoms with Gasteiger partial charge in [0.05, 0.1) is 27.9 Å². The summed E-state index contributed by atoms with van der Waals surface area (Å²) in [5, 5.41) is 17.2. The summed E-state index contributed by atoms with van der Waals surface area (Å²) in [6.45, 7) is 5.66. The van der Waals surface area contributed by atoms with Crippen LogP contribution in [0.2, 0.25) is 0 Å². The van der Waals surface area contributed by atoms with Crippen LogP contribution >= 0.6 is 0 Å². The predicted molar refractivity (Wildman–Crippen MR) is 120 cm³/mol. The zero-order valence-electron chi connectivity index (χ0n) is 18.5. The maximum atomic E-state index is 10.7. The Kier molecular flexibility index (Phi) is 9.28. The van der Waals surface area contributed by atoms with Crippen LogP contribution in [0.4, 0.5) is 0 Å². The molecule has 1 atom stereocenters. The van der Waals surface area contributed by atoms with Gasteiger partial charge in [0.15, 0.2) is 5.96 Å². The van der Waals surface area contributed by atoms with E-state index in [4.69, 9.17) is 14.2 Å². The summed E-state index contributed by atoms with van der Waals surface area (Å²) in [5.41, 5.74) is 2.98. The maximum absolute atomic E-state index is 10.7. The second kappa shape index (κ2) is 11.9. The highest BCUT2D eigenvalue weighted by atomic mass is 16.5. The van der Waals surface area contributed by atoms with Gasteiger partial charge < -0.3 is 30.0 Å². The van der Waals surface area contributed by atoms with Crippen molar-refractivity contribution in [1.29, 1.82) is 0 Å². The Morgan fingerprint density at radius 3 is 2.40 bits per heavy atom. The molecule has 0 amide bonds. The van der Waals surface area contributed by atoms with E-state index < -0.39 is 6.10 Å². The zero-order valence-corrected chi connectivity index (χ0v) is 18.5. The fourth-order valence-electron chi connectivity index (χ4n) is 3.14. The van der Waals surface area contributed by atoms with Crippen molar-refractivity contribution >= 4 is 5.96 Å². The number of aliphatic imine (C=N–C) groups is 1. The van der Waals surface area contributed by atoms with Crippen LogP contribution in [0.1, 0.15) is 29.7 Å². The average molecular weight is 416 g/mol. The van der Waals surface area contributed by atoms with Crippen molar-refractivity contribution in [2.75, 3.05) is 41.0 Å². The normalized spacial score (nSPS) is 12.3. The Balaban J connectivity index is 2.03. The van der Waals surface area contributed by atoms with Gasteiger partial charge in [-0.05, 0) is 50.1 Å². The molecule has 0 saturated carbocycles. The molecule has 0 aliphatic carbocycles. The smallest absolute Gasteiger partial charge is 0.191 e. The number of guanidine groups is 1. The van der Waals surface area contributed by atoms with Crippen molar-refractivity contribution in [2.24, 2.45) is 4.99 Å². The van der Waals surface area contributed by atoms with Crippen molar-refractivity contribution in [3.05, 3.63) is 53.1 Å². The topological polar surface area (TPSA) is 84.3 Å². The summed E-state index contributed by atoms with van der Waals surface area (Å²) in [7, 11) is 4.85. The second-order valence-corrected chi connectivity index (χ2v) is 6.84. The van der Waals surface area contributed by atoms with Crippen molar-refractivity contribution in [3.63, 3.8) is 0 Å². The summed E-state index contributed by atoms with van der Waals surface area (Å²) in [6.07, 6.45) is -0.0241. The second-order valence-electron chi connectivity index (χ2n) is 6.84. The standard InChI is InChI=1S/C23H33N3O4/c1-6-24-23(25-12-11-17-13-16(2)7-9-21(17)29-4)26-15-20(27)19-14-18(28-3)8-10-22(19)30-5/h7-10,13-14,20,27H,6,11-12,15H2,1-5H3,(H2,24,25,26). The van der Waals surface area contributed by atoms with Gasteiger partial charge in [-0.25, -0.2) is 0 Å². The number of hydrogen-bond donors (Lipinski definition) is 3. The van der Waals surface area contributed by atoms with Crippen molar-refractivity contribution in [1.82, 2.24) is 10.6 Å². The van der Waals surface area contributed by atoms with Gasteiger partial charge in [0, 0.05) is 18.7 Å². The van der Waals surface area contributed by atoms with E-state index in [1.54, 1.807) is 39.5 Å². The average Bonchev–Trinajstić information content (AvgIpc) is 2.76. The van der Waals surface area contributed by atoms with Gasteiger partial charge in [0.1, 0.15) is 23.4 Å². The third-order valence-electron chi connectivity index (χ3n) is 4.69. The number of rotatable bonds is 10. The number of hydrogen-bond acceptors (Lipinski definition) is 5. The molecule has 0 aliphatic rings. The molecular weight excluding hydrogens is 382 g/mol. The van der Waals surface area contributed by atoms with Crippen LogP contribution in [0.5, 0.6) is 17.2 Å². The molecule has 0 saturated heterocycles. The van der Waals surface area contributed by atoms with E-state index in [0.717, 1.165) is 24.3 Å². The van der Waals surface area contributed by atoms with Gasteiger partial charge in [-0.3, -0.25) is 4.99 Å². The van der Waals surface area contributed by atoms with E-state index in [-0.39, 0.29) is 6.54 Å². The first-order valence-corrected chi connectivity index (χ1v) is 10.1. The Bertz CT molecular complexity index is 839. The van der Waals surface area contributed by atoms with Crippen molar-refractivity contribution in [3.8, 4) is 17.2 Å². The molecule has 3 N–H and O–H groups in total. The van der Waals surface area contributed by atoms with E-state index in [1.165, 1.54) is 5.56 Å². The van der Waals surface area contributed by atoms with Gasteiger partial charge in [0.2, 0.25) is 0 Å². The Labute approximate surface area is 179 Å². The quantitative estimate of drug-likeness (QED) is 0.409. The number of benzene rings is 2. The van der Waals surface area contributed by atoms with Crippen LogP contribution in [-0.2, 0) is 6.42 Å². The van der Waals surface area contributed by atoms with Gasteiger partial charge in [-0.1, -0.05) is 17.7 Å². The molecule has 2 aromatic carbocycles. The van der Waals surface area contributed by atoms with Crippen molar-refractivity contribution < 1.29 is 19.3 Å². The first-order valence-electron chi connectivity index (χ1n) is 10.1. The molecule has 1 unspecified atom stereocenters. The van der Waals surface area contributed by atoms with E-state index in [0.29, 0.717) is 29.6 Å². The molecular formula is C23H33N3O4. The van der Waals surface area contributed by atoms with Crippen LogP contribution in [0.3, 0.4) is 0 Å². The molecule has 0 heterocycles. The third-order valence-corrected chi connectivity index (χ3v) is 4.69. The molecule has 0 aliphatic heterocycles. The van der Waals surface area contributed by atoms with Crippen LogP contribution < -0.4 is 24.8 Å². The summed E-state index contributed by atoms with van der Waals surface area (Å²) in [6, 6.07) is 11.5. The minimum absolute atomic E-state index is 0.187. The van der Waals surface area contributed by atoms with Crippen LogP contribution in [0.25, 0.3) is 0 Å². The lowest BCUT2D eigenvalue weighted by Crippen LogP contribution is -2.38. The highest BCUT2D eigenvalue weighted by molar-refractivity contribution is 5.79. The Morgan fingerprint density at radius 2 is 1.73 bits per heavy atom. The summed E-state index contributed by atoms with van der Waals surface area (Å²) in [5.74, 6) is 2.78. The van der Waals surface area contributed by atoms with E-state index in [9.17, 15) is 5.11 Å². The van der Waals surface area contributed by atoms with Gasteiger partial charge in [-0.15, -0.1) is 0 Å². The first-order chi connectivity index (χ1) is 14.5. The molecule has 0 radical (unpaired) electrons. The highest BCUT2D eigenvalue weighted by Crippen LogP contribution is 2.29. The van der Waals surface area contributed by atoms with Crippen molar-refractivity contribution in [2.45, 2.75) is 26.4 Å². The minimum atomic E-state index is -0.817. The van der Waals surface area contributed by atoms with Gasteiger partial charge in [0.25, 0.3) is 0 Å². The molecule has 7 nitrogen and oxygen atoms in total. The number of methoxy groups -OCH3 is 3. The largest absolute Gasteiger partial charge is 0.497 e. The van der Waals surface area contributed by atoms with E-state index in [2.05, 4.69) is 28.6 Å². The SMILES string of the molecule is CCNC(=NCC(O)c1cc(OC)ccc1OC)NCCc1cc(C)ccc1OC. The predicted octanol–water partition coefficient (Wildman–Crippen LogP) is 2.85. The molecule has 0 bridgehead atoms. The molecule has 0 spiro atoms. The van der Waals surface area contributed by atoms with Gasteiger partial charge in [-0.2, -0.15) is 0 Å². The van der Waals surface area contributed by atoms with E-state index in [1.807, 2.05) is 19.1 Å². The number of nitrogens with one attached hydrogen (secondary N) is 2. The zero-order chi connectivity index (χ0) is 21.9. The molecule has 0 aromatic heterocycles. The highest BCUT2D eigenvalue weighted by Gasteiger charge is 2.15. The lowest BCUT2D eigenvalue weighted by Gasteiger charge is -2.16. The molecule has 164 valence electrons. The number of aliphatic hydroxyl groups is 1. The maximum Gasteiger partial charge on any atom is 0.191 e. The molecule has 0 fully saturated rings. The number of ether oxygens (including phenoxy) is 3. The minimum Gasteiger partial charge on any atom is -0.497 e. The molecule has 7 heteroatoms. The van der Waals surface area contributed by atoms with Gasteiger partial charge >= 0.3 is 0 Å². The summed E-state index contributed by atoms with van der Waals surface area (Å²) in [4.78, 5) is 4.53. The van der Waals surface area contributed by atoms with Crippen LogP contribution in [-0.4, -0.2) is 52.0 Å². The Morgan fingerprint density at radius 1 is 1.00 bits per heavy atom. The number of aryl methyl sites for hydroxylation is 1. The molecule has 2 rings (SSSR count). The number of nitrogens with zero attached hydrogens (tertiary/aromatic N) is 1. The Hall–Kier alpha value is -2.93. The lowest BCUT2D eigenvalue weighted by molar-refractivity contribution is 0.182. The molecule has 2 aromatic rings. The fraction of sp³-hybridized carbons (Fsp3) is 0.435. The number of aliphatic hydroxyl groups excluding tert-OH is 1.